The van der Waals surface area contributed by atoms with Gasteiger partial charge in [-0.2, -0.15) is 0 Å². The number of rotatable bonds is 4. The van der Waals surface area contributed by atoms with Crippen molar-refractivity contribution < 1.29 is 14.3 Å². The van der Waals surface area contributed by atoms with E-state index in [1.807, 2.05) is 11.0 Å². The normalized spacial score (nSPS) is 24.2. The van der Waals surface area contributed by atoms with Gasteiger partial charge in [0.2, 0.25) is 0 Å². The fourth-order valence-corrected chi connectivity index (χ4v) is 2.32. The number of ether oxygens (including phenoxy) is 1. The number of carbonyl (C=O) groups excluding carboxylic acids is 2. The molecule has 0 saturated carbocycles. The van der Waals surface area contributed by atoms with Crippen molar-refractivity contribution in [3.63, 3.8) is 0 Å². The van der Waals surface area contributed by atoms with Gasteiger partial charge in [0.25, 0.3) is 0 Å². The molecule has 0 spiro atoms. The molecular weight excluding hydrogens is 234 g/mol. The predicted molar refractivity (Wildman–Crippen MR) is 66.1 cm³/mol. The number of piperazine rings is 1. The molecule has 1 unspecified atom stereocenters. The zero-order valence-corrected chi connectivity index (χ0v) is 10.6. The van der Waals surface area contributed by atoms with E-state index in [4.69, 9.17) is 4.74 Å². The van der Waals surface area contributed by atoms with E-state index in [9.17, 15) is 9.59 Å². The highest BCUT2D eigenvalue weighted by Crippen LogP contribution is 2.13. The highest BCUT2D eigenvalue weighted by atomic mass is 16.5. The van der Waals surface area contributed by atoms with Crippen LogP contribution in [-0.4, -0.2) is 67.2 Å². The summed E-state index contributed by atoms with van der Waals surface area (Å²) in [4.78, 5) is 26.6. The van der Waals surface area contributed by atoms with E-state index in [-0.39, 0.29) is 18.0 Å². The molecule has 0 aliphatic carbocycles. The molecule has 6 heteroatoms. The van der Waals surface area contributed by atoms with E-state index in [0.717, 1.165) is 32.7 Å². The second-order valence-corrected chi connectivity index (χ2v) is 4.45. The van der Waals surface area contributed by atoms with Gasteiger partial charge in [0, 0.05) is 38.8 Å². The first-order chi connectivity index (χ1) is 8.70. The Labute approximate surface area is 107 Å². The Hall–Kier alpha value is -1.56. The molecule has 2 aliphatic heterocycles. The summed E-state index contributed by atoms with van der Waals surface area (Å²) in [6.07, 6.45) is 3.28. The van der Waals surface area contributed by atoms with Crippen LogP contribution >= 0.6 is 0 Å². The molecular formula is C12H19N3O3. The summed E-state index contributed by atoms with van der Waals surface area (Å²) in [5.41, 5.74) is 0. The average Bonchev–Trinajstić information content (AvgIpc) is 2.71. The van der Waals surface area contributed by atoms with Crippen LogP contribution in [-0.2, 0) is 9.53 Å². The third-order valence-corrected chi connectivity index (χ3v) is 3.22. The molecule has 2 aliphatic rings. The molecule has 0 radical (unpaired) electrons. The van der Waals surface area contributed by atoms with Gasteiger partial charge in [0.1, 0.15) is 0 Å². The average molecular weight is 253 g/mol. The molecule has 1 atom stereocenters. The smallest absolute Gasteiger partial charge is 0.330 e. The summed E-state index contributed by atoms with van der Waals surface area (Å²) in [6.45, 7) is 6.08. The molecule has 0 bridgehead atoms. The van der Waals surface area contributed by atoms with Gasteiger partial charge in [-0.25, -0.2) is 9.59 Å². The maximum absolute atomic E-state index is 11.4. The van der Waals surface area contributed by atoms with E-state index >= 15 is 0 Å². The van der Waals surface area contributed by atoms with Gasteiger partial charge < -0.3 is 15.0 Å². The molecule has 2 heterocycles. The fraction of sp³-hybridized carbons (Fsp3) is 0.667. The molecule has 2 saturated heterocycles. The van der Waals surface area contributed by atoms with Crippen LogP contribution in [0.15, 0.2) is 12.2 Å². The molecule has 6 nitrogen and oxygen atoms in total. The minimum atomic E-state index is -0.297. The van der Waals surface area contributed by atoms with Crippen LogP contribution in [0, 0.1) is 0 Å². The topological polar surface area (TPSA) is 61.9 Å². The van der Waals surface area contributed by atoms with Crippen LogP contribution in [0.3, 0.4) is 0 Å². The quantitative estimate of drug-likeness (QED) is 0.557. The number of amides is 2. The van der Waals surface area contributed by atoms with Crippen molar-refractivity contribution in [1.29, 1.82) is 0 Å². The lowest BCUT2D eigenvalue weighted by Gasteiger charge is -2.35. The highest BCUT2D eigenvalue weighted by Gasteiger charge is 2.34. The van der Waals surface area contributed by atoms with Gasteiger partial charge in [-0.15, -0.1) is 0 Å². The minimum Gasteiger partial charge on any atom is -0.463 e. The molecule has 0 aromatic heterocycles. The summed E-state index contributed by atoms with van der Waals surface area (Å²) >= 11 is 0. The maximum atomic E-state index is 11.4. The number of fused-ring (bicyclic) bond motifs is 1. The van der Waals surface area contributed by atoms with Crippen molar-refractivity contribution in [2.75, 3.05) is 39.3 Å². The first-order valence-electron chi connectivity index (χ1n) is 6.31. The Morgan fingerprint density at radius 2 is 2.39 bits per heavy atom. The lowest BCUT2D eigenvalue weighted by Crippen LogP contribution is -2.51. The van der Waals surface area contributed by atoms with Crippen molar-refractivity contribution >= 4 is 12.0 Å². The first kappa shape index (κ1) is 12.9. The maximum Gasteiger partial charge on any atom is 0.330 e. The lowest BCUT2D eigenvalue weighted by molar-refractivity contribution is -0.137. The van der Waals surface area contributed by atoms with Crippen LogP contribution in [0.2, 0.25) is 0 Å². The second-order valence-electron chi connectivity index (χ2n) is 4.45. The van der Waals surface area contributed by atoms with Crippen LogP contribution in [0.1, 0.15) is 6.92 Å². The van der Waals surface area contributed by atoms with E-state index in [1.165, 1.54) is 6.08 Å². The predicted octanol–water partition coefficient (Wildman–Crippen LogP) is -0.185. The van der Waals surface area contributed by atoms with E-state index < -0.39 is 0 Å². The zero-order valence-electron chi connectivity index (χ0n) is 10.6. The standard InChI is InChI=1S/C12H19N3O3/c1-2-18-11(16)4-3-5-14-6-7-15-10(9-14)8-13-12(15)17/h3-4,10H,2,5-9H2,1H3,(H,13,17)/b4-3+. The van der Waals surface area contributed by atoms with Crippen molar-refractivity contribution in [2.45, 2.75) is 13.0 Å². The Morgan fingerprint density at radius 1 is 1.56 bits per heavy atom. The lowest BCUT2D eigenvalue weighted by atomic mass is 10.2. The first-order valence-corrected chi connectivity index (χ1v) is 6.31. The van der Waals surface area contributed by atoms with E-state index in [0.29, 0.717) is 6.61 Å². The molecule has 18 heavy (non-hydrogen) atoms. The Balaban J connectivity index is 1.75. The fourth-order valence-electron chi connectivity index (χ4n) is 2.32. The molecule has 2 rings (SSSR count). The molecule has 0 aromatic rings. The van der Waals surface area contributed by atoms with Crippen LogP contribution in [0.4, 0.5) is 4.79 Å². The number of carbonyl (C=O) groups is 2. The number of nitrogens with one attached hydrogen (secondary N) is 1. The van der Waals surface area contributed by atoms with Crippen molar-refractivity contribution in [2.24, 2.45) is 0 Å². The number of esters is 1. The summed E-state index contributed by atoms with van der Waals surface area (Å²) < 4.78 is 4.81. The number of urea groups is 1. The summed E-state index contributed by atoms with van der Waals surface area (Å²) in [6, 6.07) is 0.309. The summed E-state index contributed by atoms with van der Waals surface area (Å²) in [5, 5.41) is 2.84. The molecule has 0 aromatic carbocycles. The number of hydrogen-bond acceptors (Lipinski definition) is 4. The van der Waals surface area contributed by atoms with E-state index in [1.54, 1.807) is 6.92 Å². The summed E-state index contributed by atoms with van der Waals surface area (Å²) in [7, 11) is 0. The largest absolute Gasteiger partial charge is 0.463 e. The second kappa shape index (κ2) is 5.86. The Bertz CT molecular complexity index is 356. The van der Waals surface area contributed by atoms with E-state index in [2.05, 4.69) is 10.2 Å². The van der Waals surface area contributed by atoms with Crippen molar-refractivity contribution in [3.8, 4) is 0 Å². The van der Waals surface area contributed by atoms with Crippen molar-refractivity contribution in [1.82, 2.24) is 15.1 Å². The van der Waals surface area contributed by atoms with Gasteiger partial charge in [0.15, 0.2) is 0 Å². The molecule has 2 fully saturated rings. The third-order valence-electron chi connectivity index (χ3n) is 3.22. The van der Waals surface area contributed by atoms with Gasteiger partial charge in [-0.3, -0.25) is 4.90 Å². The third kappa shape index (κ3) is 3.01. The Kier molecular flexibility index (Phi) is 4.19. The van der Waals surface area contributed by atoms with Gasteiger partial charge in [0.05, 0.1) is 12.6 Å². The minimum absolute atomic E-state index is 0.0433. The molecule has 2 amide bonds. The molecule has 1 N–H and O–H groups in total. The molecule has 100 valence electrons. The zero-order chi connectivity index (χ0) is 13.0. The van der Waals surface area contributed by atoms with Gasteiger partial charge in [-0.1, -0.05) is 6.08 Å². The van der Waals surface area contributed by atoms with Crippen LogP contribution in [0.25, 0.3) is 0 Å². The summed E-state index contributed by atoms with van der Waals surface area (Å²) in [5.74, 6) is -0.297. The van der Waals surface area contributed by atoms with Gasteiger partial charge >= 0.3 is 12.0 Å². The highest BCUT2D eigenvalue weighted by molar-refractivity contribution is 5.81. The van der Waals surface area contributed by atoms with Crippen molar-refractivity contribution in [3.05, 3.63) is 12.2 Å². The number of hydrogen-bond donors (Lipinski definition) is 1. The SMILES string of the molecule is CCOC(=O)/C=C/CN1CCN2C(=O)NCC2C1. The Morgan fingerprint density at radius 3 is 3.17 bits per heavy atom. The monoisotopic (exact) mass is 253 g/mol. The van der Waals surface area contributed by atoms with Gasteiger partial charge in [-0.05, 0) is 6.92 Å². The van der Waals surface area contributed by atoms with Crippen LogP contribution < -0.4 is 5.32 Å². The number of nitrogens with zero attached hydrogens (tertiary/aromatic N) is 2. The van der Waals surface area contributed by atoms with Crippen LogP contribution in [0.5, 0.6) is 0 Å².